The van der Waals surface area contributed by atoms with E-state index in [1.54, 1.807) is 0 Å². The lowest BCUT2D eigenvalue weighted by molar-refractivity contribution is -0.147. The topological polar surface area (TPSA) is 91.3 Å². The Bertz CT molecular complexity index is 1360. The normalized spacial score (nSPS) is 19.8. The van der Waals surface area contributed by atoms with Gasteiger partial charge in [0.15, 0.2) is 0 Å². The maximum Gasteiger partial charge on any atom is 0.308 e. The van der Waals surface area contributed by atoms with Crippen molar-refractivity contribution in [2.24, 2.45) is 5.92 Å². The summed E-state index contributed by atoms with van der Waals surface area (Å²) < 4.78 is 23.0. The van der Waals surface area contributed by atoms with Gasteiger partial charge >= 0.3 is 11.9 Å². The Balaban J connectivity index is 1.23. The number of carbonyl (C=O) groups is 2. The molecule has 2 aliphatic rings. The summed E-state index contributed by atoms with van der Waals surface area (Å²) in [6.07, 6.45) is 3.46. The largest absolute Gasteiger partial charge is 0.492 e. The molecule has 0 aromatic heterocycles. The summed E-state index contributed by atoms with van der Waals surface area (Å²) in [6, 6.07) is 18.2. The Morgan fingerprint density at radius 1 is 0.950 bits per heavy atom. The molecule has 0 bridgehead atoms. The molecule has 1 aliphatic heterocycles. The lowest BCUT2D eigenvalue weighted by atomic mass is 9.87. The van der Waals surface area contributed by atoms with Gasteiger partial charge < -0.3 is 24.1 Å². The number of hydrogen-bond acceptors (Lipinski definition) is 6. The van der Waals surface area contributed by atoms with Crippen LogP contribution < -0.4 is 14.2 Å². The average Bonchev–Trinajstić information content (AvgIpc) is 3.33. The van der Waals surface area contributed by atoms with E-state index in [1.807, 2.05) is 30.3 Å². The molecule has 0 spiro atoms. The number of methoxy groups -OCH3 is 1. The van der Waals surface area contributed by atoms with Crippen molar-refractivity contribution >= 4 is 11.9 Å². The fourth-order valence-corrected chi connectivity index (χ4v) is 5.93. The molecule has 3 aromatic rings. The maximum absolute atomic E-state index is 11.8. The van der Waals surface area contributed by atoms with Crippen LogP contribution in [0.4, 0.5) is 0 Å². The zero-order valence-electron chi connectivity index (χ0n) is 23.3. The van der Waals surface area contributed by atoms with Gasteiger partial charge in [0, 0.05) is 17.5 Å². The molecule has 210 valence electrons. The molecule has 0 unspecified atom stereocenters. The van der Waals surface area contributed by atoms with E-state index in [-0.39, 0.29) is 30.3 Å². The number of ether oxygens (including phenoxy) is 4. The van der Waals surface area contributed by atoms with Crippen LogP contribution in [0.3, 0.4) is 0 Å². The highest BCUT2D eigenvalue weighted by atomic mass is 16.5. The Labute approximate surface area is 235 Å². The number of aryl methyl sites for hydroxylation is 2. The van der Waals surface area contributed by atoms with E-state index in [9.17, 15) is 9.59 Å². The summed E-state index contributed by atoms with van der Waals surface area (Å²) >= 11 is 0. The number of esters is 1. The molecule has 0 saturated heterocycles. The van der Waals surface area contributed by atoms with Crippen LogP contribution in [-0.2, 0) is 20.9 Å². The lowest BCUT2D eigenvalue weighted by Crippen LogP contribution is -2.28. The fraction of sp³-hybridized carbons (Fsp3) is 0.394. The van der Waals surface area contributed by atoms with E-state index in [4.69, 9.17) is 24.1 Å². The van der Waals surface area contributed by atoms with Gasteiger partial charge in [-0.2, -0.15) is 0 Å². The first-order chi connectivity index (χ1) is 19.3. The van der Waals surface area contributed by atoms with E-state index in [0.717, 1.165) is 59.3 Å². The van der Waals surface area contributed by atoms with E-state index in [2.05, 4.69) is 38.1 Å². The predicted octanol–water partition coefficient (Wildman–Crippen LogP) is 6.61. The molecule has 3 aromatic carbocycles. The summed E-state index contributed by atoms with van der Waals surface area (Å²) in [5.41, 5.74) is 6.55. The SMILES string of the molecule is COC(=O)C1CCC(Oc2cc(C)c(-c3cccc(COc4ccc5c(c4)OC[C@H]5CC(=O)O)c3)c(C)c2)CC1. The summed E-state index contributed by atoms with van der Waals surface area (Å²) in [4.78, 5) is 22.9. The molecule has 0 radical (unpaired) electrons. The van der Waals surface area contributed by atoms with Crippen molar-refractivity contribution in [1.29, 1.82) is 0 Å². The quantitative estimate of drug-likeness (QED) is 0.303. The number of rotatable bonds is 9. The standard InChI is InChI=1S/C33H36O7/c1-20-13-28(40-26-9-7-23(8-10-26)33(36)37-3)14-21(2)32(20)24-6-4-5-22(15-24)18-38-27-11-12-29-25(16-31(34)35)19-39-30(29)17-27/h4-6,11-15,17,23,25-26H,7-10,16,18-19H2,1-3H3,(H,34,35)/t23?,25-,26?/m1/s1. The summed E-state index contributed by atoms with van der Waals surface area (Å²) in [6.45, 7) is 4.99. The molecule has 1 saturated carbocycles. The number of carboxylic acid groups (broad SMARTS) is 1. The number of carboxylic acids is 1. The second kappa shape index (κ2) is 12.0. The third kappa shape index (κ3) is 6.24. The van der Waals surface area contributed by atoms with Crippen LogP contribution in [0.15, 0.2) is 54.6 Å². The van der Waals surface area contributed by atoms with Crippen LogP contribution in [0.2, 0.25) is 0 Å². The highest BCUT2D eigenvalue weighted by molar-refractivity contribution is 5.73. The van der Waals surface area contributed by atoms with Crippen molar-refractivity contribution in [3.8, 4) is 28.4 Å². The summed E-state index contributed by atoms with van der Waals surface area (Å²) in [7, 11) is 1.45. The first-order valence-corrected chi connectivity index (χ1v) is 13.9. The van der Waals surface area contributed by atoms with Gasteiger partial charge in [-0.05, 0) is 91.6 Å². The summed E-state index contributed by atoms with van der Waals surface area (Å²) in [5.74, 6) is 1.17. The van der Waals surface area contributed by atoms with Crippen LogP contribution in [0.5, 0.6) is 17.2 Å². The zero-order chi connectivity index (χ0) is 28.2. The molecule has 1 fully saturated rings. The van der Waals surface area contributed by atoms with Crippen LogP contribution >= 0.6 is 0 Å². The average molecular weight is 545 g/mol. The second-order valence-corrected chi connectivity index (χ2v) is 10.8. The Kier molecular flexibility index (Phi) is 8.29. The van der Waals surface area contributed by atoms with Gasteiger partial charge in [-0.3, -0.25) is 9.59 Å². The Morgan fingerprint density at radius 2 is 1.70 bits per heavy atom. The Hall–Kier alpha value is -4.00. The van der Waals surface area contributed by atoms with Gasteiger partial charge in [0.25, 0.3) is 0 Å². The number of fused-ring (bicyclic) bond motifs is 1. The predicted molar refractivity (Wildman–Crippen MR) is 151 cm³/mol. The molecule has 5 rings (SSSR count). The maximum atomic E-state index is 11.8. The molecule has 0 amide bonds. The third-order valence-electron chi connectivity index (χ3n) is 7.92. The fourth-order valence-electron chi connectivity index (χ4n) is 5.93. The van der Waals surface area contributed by atoms with Gasteiger partial charge in [0.2, 0.25) is 0 Å². The van der Waals surface area contributed by atoms with E-state index >= 15 is 0 Å². The van der Waals surface area contributed by atoms with Crippen molar-refractivity contribution in [1.82, 2.24) is 0 Å². The molecule has 7 heteroatoms. The second-order valence-electron chi connectivity index (χ2n) is 10.8. The molecule has 40 heavy (non-hydrogen) atoms. The van der Waals surface area contributed by atoms with E-state index in [1.165, 1.54) is 12.7 Å². The zero-order valence-corrected chi connectivity index (χ0v) is 23.3. The Morgan fingerprint density at radius 3 is 2.40 bits per heavy atom. The van der Waals surface area contributed by atoms with E-state index < -0.39 is 5.97 Å². The molecule has 1 N–H and O–H groups in total. The van der Waals surface area contributed by atoms with Crippen LogP contribution in [-0.4, -0.2) is 36.9 Å². The molecule has 7 nitrogen and oxygen atoms in total. The number of aliphatic carboxylic acids is 1. The van der Waals surface area contributed by atoms with Crippen molar-refractivity contribution in [2.75, 3.05) is 13.7 Å². The van der Waals surface area contributed by atoms with Gasteiger partial charge in [0.05, 0.1) is 32.2 Å². The number of hydrogen-bond donors (Lipinski definition) is 1. The van der Waals surface area contributed by atoms with Crippen molar-refractivity contribution in [3.05, 3.63) is 76.9 Å². The van der Waals surface area contributed by atoms with Gasteiger partial charge in [-0.15, -0.1) is 0 Å². The van der Waals surface area contributed by atoms with Crippen molar-refractivity contribution in [3.63, 3.8) is 0 Å². The first kappa shape index (κ1) is 27.6. The lowest BCUT2D eigenvalue weighted by Gasteiger charge is -2.28. The van der Waals surface area contributed by atoms with Crippen LogP contribution in [0.1, 0.15) is 60.3 Å². The van der Waals surface area contributed by atoms with Crippen LogP contribution in [0.25, 0.3) is 11.1 Å². The van der Waals surface area contributed by atoms with Crippen molar-refractivity contribution in [2.45, 2.75) is 64.6 Å². The minimum Gasteiger partial charge on any atom is -0.492 e. The van der Waals surface area contributed by atoms with Gasteiger partial charge in [-0.25, -0.2) is 0 Å². The number of carbonyl (C=O) groups excluding carboxylic acids is 1. The van der Waals surface area contributed by atoms with E-state index in [0.29, 0.717) is 24.7 Å². The van der Waals surface area contributed by atoms with Gasteiger partial charge in [-0.1, -0.05) is 24.3 Å². The molecule has 1 aliphatic carbocycles. The van der Waals surface area contributed by atoms with Gasteiger partial charge in [0.1, 0.15) is 23.9 Å². The molecule has 1 heterocycles. The third-order valence-corrected chi connectivity index (χ3v) is 7.92. The minimum atomic E-state index is -0.825. The first-order valence-electron chi connectivity index (χ1n) is 13.9. The summed E-state index contributed by atoms with van der Waals surface area (Å²) in [5, 5.41) is 9.11. The van der Waals surface area contributed by atoms with Crippen LogP contribution in [0, 0.1) is 19.8 Å². The minimum absolute atomic E-state index is 0.0147. The smallest absolute Gasteiger partial charge is 0.308 e. The molecular weight excluding hydrogens is 508 g/mol. The highest BCUT2D eigenvalue weighted by Gasteiger charge is 2.28. The number of benzene rings is 3. The highest BCUT2D eigenvalue weighted by Crippen LogP contribution is 2.39. The molecule has 1 atom stereocenters. The monoisotopic (exact) mass is 544 g/mol. The molecular formula is C33H36O7. The van der Waals surface area contributed by atoms with Crippen molar-refractivity contribution < 1.29 is 33.6 Å².